The summed E-state index contributed by atoms with van der Waals surface area (Å²) in [6, 6.07) is 15.4. The number of carbonyl (C=O) groups excluding carboxylic acids is 2. The quantitative estimate of drug-likeness (QED) is 0.282. The largest absolute Gasteiger partial charge is 2.00 e. The standard InChI is InChI=1S/2C6H7O3P.2C2H4O2.Ca/c2*7-10(8,9)6-4-2-1-3-5-6;2*1-2(3)4;/h2*1-5H,(H2,7,8,9);2*1H3,(H,3,4);/q;;;;+2/p-2. The van der Waals surface area contributed by atoms with Gasteiger partial charge in [0.05, 0.1) is 10.6 Å². The van der Waals surface area contributed by atoms with Gasteiger partial charge in [0.1, 0.15) is 0 Å². The molecule has 0 aliphatic heterocycles. The van der Waals surface area contributed by atoms with Crippen LogP contribution in [0.2, 0.25) is 0 Å². The van der Waals surface area contributed by atoms with E-state index in [2.05, 4.69) is 0 Å². The van der Waals surface area contributed by atoms with Crippen LogP contribution >= 0.6 is 15.2 Å². The molecular weight excluding hydrogens is 454 g/mol. The van der Waals surface area contributed by atoms with Crippen LogP contribution in [-0.2, 0) is 18.7 Å². The smallest absolute Gasteiger partial charge is 0.550 e. The van der Waals surface area contributed by atoms with Gasteiger partial charge in [0, 0.05) is 11.9 Å². The number of aliphatic carboxylic acids is 2. The van der Waals surface area contributed by atoms with E-state index in [1.165, 1.54) is 24.3 Å². The van der Waals surface area contributed by atoms with E-state index in [0.29, 0.717) is 0 Å². The first kappa shape index (κ1) is 32.6. The first-order valence-electron chi connectivity index (χ1n) is 7.25. The fourth-order valence-electron chi connectivity index (χ4n) is 1.24. The molecule has 0 saturated carbocycles. The zero-order chi connectivity index (χ0) is 22.4. The number of hydrogen-bond donors (Lipinski definition) is 4. The summed E-state index contributed by atoms with van der Waals surface area (Å²) in [5, 5.41) is 17.9. The van der Waals surface area contributed by atoms with Crippen LogP contribution in [0.15, 0.2) is 60.7 Å². The number of carbonyl (C=O) groups is 2. The zero-order valence-corrected chi connectivity index (χ0v) is 19.6. The summed E-state index contributed by atoms with van der Waals surface area (Å²) in [6.45, 7) is 1.94. The number of hydrogen-bond acceptors (Lipinski definition) is 6. The molecule has 0 heterocycles. The molecule has 0 atom stereocenters. The van der Waals surface area contributed by atoms with E-state index in [9.17, 15) is 9.13 Å². The molecular formula is C16H20CaO10P2. The van der Waals surface area contributed by atoms with E-state index < -0.39 is 27.1 Å². The second-order valence-corrected chi connectivity index (χ2v) is 7.95. The van der Waals surface area contributed by atoms with Crippen LogP contribution < -0.4 is 20.8 Å². The van der Waals surface area contributed by atoms with Crippen LogP contribution in [-0.4, -0.2) is 69.3 Å². The van der Waals surface area contributed by atoms with E-state index in [-0.39, 0.29) is 48.3 Å². The summed E-state index contributed by atoms with van der Waals surface area (Å²) in [6.07, 6.45) is 0. The van der Waals surface area contributed by atoms with Crippen LogP contribution in [0.5, 0.6) is 0 Å². The van der Waals surface area contributed by atoms with Crippen LogP contribution in [0.3, 0.4) is 0 Å². The molecule has 0 unspecified atom stereocenters. The SMILES string of the molecule is CC(=O)[O-].CC(=O)[O-].O=P(O)(O)c1ccccc1.O=P(O)(O)c1ccccc1.[Ca+2]. The van der Waals surface area contributed by atoms with Crippen molar-refractivity contribution in [3.8, 4) is 0 Å². The molecule has 2 aromatic carbocycles. The van der Waals surface area contributed by atoms with Crippen molar-refractivity contribution in [3.05, 3.63) is 60.7 Å². The molecule has 0 spiro atoms. The normalized spacial score (nSPS) is 9.59. The second kappa shape index (κ2) is 16.7. The molecule has 0 fully saturated rings. The minimum Gasteiger partial charge on any atom is -0.550 e. The Labute approximate surface area is 197 Å². The van der Waals surface area contributed by atoms with E-state index in [1.807, 2.05) is 0 Å². The molecule has 0 aliphatic carbocycles. The third kappa shape index (κ3) is 23.1. The molecule has 0 bridgehead atoms. The van der Waals surface area contributed by atoms with Crippen LogP contribution in [0, 0.1) is 0 Å². The van der Waals surface area contributed by atoms with Crippen molar-refractivity contribution in [2.24, 2.45) is 0 Å². The third-order valence-corrected chi connectivity index (χ3v) is 4.13. The van der Waals surface area contributed by atoms with Crippen molar-refractivity contribution in [2.75, 3.05) is 0 Å². The summed E-state index contributed by atoms with van der Waals surface area (Å²) in [5.41, 5.74) is 0. The molecule has 10 nitrogen and oxygen atoms in total. The van der Waals surface area contributed by atoms with Crippen molar-refractivity contribution in [1.29, 1.82) is 0 Å². The molecule has 0 aromatic heterocycles. The molecule has 4 N–H and O–H groups in total. The van der Waals surface area contributed by atoms with Crippen molar-refractivity contribution >= 4 is 75.5 Å². The molecule has 29 heavy (non-hydrogen) atoms. The van der Waals surface area contributed by atoms with Gasteiger partial charge in [-0.1, -0.05) is 36.4 Å². The average molecular weight is 474 g/mol. The first-order chi connectivity index (χ1) is 12.7. The summed E-state index contributed by atoms with van der Waals surface area (Å²) in [7, 11) is -8.04. The van der Waals surface area contributed by atoms with Gasteiger partial charge in [-0.15, -0.1) is 0 Å². The topological polar surface area (TPSA) is 195 Å². The third-order valence-electron chi connectivity index (χ3n) is 2.19. The zero-order valence-electron chi connectivity index (χ0n) is 15.6. The Hall–Kier alpha value is -1.06. The van der Waals surface area contributed by atoms with Gasteiger partial charge in [-0.05, 0) is 38.1 Å². The maximum atomic E-state index is 10.5. The molecule has 0 aliphatic rings. The maximum Gasteiger partial charge on any atom is 2.00 e. The summed E-state index contributed by atoms with van der Waals surface area (Å²) < 4.78 is 21.1. The molecule has 2 aromatic rings. The van der Waals surface area contributed by atoms with Gasteiger partial charge >= 0.3 is 52.9 Å². The second-order valence-electron chi connectivity index (χ2n) is 4.74. The minimum absolute atomic E-state index is 0. The van der Waals surface area contributed by atoms with Crippen molar-refractivity contribution in [3.63, 3.8) is 0 Å². The Kier molecular flexibility index (Phi) is 18.8. The van der Waals surface area contributed by atoms with E-state index >= 15 is 0 Å². The van der Waals surface area contributed by atoms with Gasteiger partial charge in [-0.2, -0.15) is 0 Å². The summed E-state index contributed by atoms with van der Waals surface area (Å²) >= 11 is 0. The first-order valence-corrected chi connectivity index (χ1v) is 10.5. The molecule has 0 radical (unpaired) electrons. The Morgan fingerprint density at radius 3 is 0.931 bits per heavy atom. The molecule has 156 valence electrons. The Morgan fingerprint density at radius 1 is 0.655 bits per heavy atom. The van der Waals surface area contributed by atoms with Crippen molar-refractivity contribution in [1.82, 2.24) is 0 Å². The van der Waals surface area contributed by atoms with E-state index in [4.69, 9.17) is 39.4 Å². The van der Waals surface area contributed by atoms with Gasteiger partial charge in [0.2, 0.25) is 0 Å². The van der Waals surface area contributed by atoms with E-state index in [1.54, 1.807) is 36.4 Å². The Balaban J connectivity index is -0.000000336. The van der Waals surface area contributed by atoms with Crippen LogP contribution in [0.25, 0.3) is 0 Å². The summed E-state index contributed by atoms with van der Waals surface area (Å²) in [4.78, 5) is 52.2. The van der Waals surface area contributed by atoms with Crippen molar-refractivity contribution < 1.29 is 48.5 Å². The van der Waals surface area contributed by atoms with Gasteiger partial charge in [-0.25, -0.2) is 0 Å². The van der Waals surface area contributed by atoms with Crippen LogP contribution in [0.1, 0.15) is 13.8 Å². The predicted molar refractivity (Wildman–Crippen MR) is 103 cm³/mol. The number of benzene rings is 2. The molecule has 13 heteroatoms. The van der Waals surface area contributed by atoms with Gasteiger partial charge < -0.3 is 39.4 Å². The fraction of sp³-hybridized carbons (Fsp3) is 0.125. The monoisotopic (exact) mass is 474 g/mol. The molecule has 0 saturated heterocycles. The molecule has 0 amide bonds. The Bertz CT molecular complexity index is 725. The minimum atomic E-state index is -4.02. The van der Waals surface area contributed by atoms with Gasteiger partial charge in [0.25, 0.3) is 0 Å². The Morgan fingerprint density at radius 2 is 0.828 bits per heavy atom. The average Bonchev–Trinajstić information content (AvgIpc) is 2.54. The maximum absolute atomic E-state index is 10.5. The summed E-state index contributed by atoms with van der Waals surface area (Å²) in [5.74, 6) is -2.17. The molecule has 2 rings (SSSR count). The van der Waals surface area contributed by atoms with Crippen LogP contribution in [0.4, 0.5) is 0 Å². The van der Waals surface area contributed by atoms with E-state index in [0.717, 1.165) is 13.8 Å². The number of carboxylic acids is 2. The predicted octanol–water partition coefficient (Wildman–Crippen LogP) is -1.89. The fourth-order valence-corrected chi connectivity index (χ4v) is 2.37. The van der Waals surface area contributed by atoms with Gasteiger partial charge in [-0.3, -0.25) is 9.13 Å². The number of rotatable bonds is 2. The van der Waals surface area contributed by atoms with Gasteiger partial charge in [0.15, 0.2) is 0 Å². The van der Waals surface area contributed by atoms with Crippen molar-refractivity contribution in [2.45, 2.75) is 13.8 Å². The number of carboxylic acid groups (broad SMARTS) is 2.